The van der Waals surface area contributed by atoms with Gasteiger partial charge in [0, 0.05) is 5.38 Å². The highest BCUT2D eigenvalue weighted by Crippen LogP contribution is 2.03. The molecule has 0 saturated carbocycles. The first kappa shape index (κ1) is 9.80. The number of rotatable bonds is 3. The fourth-order valence-electron chi connectivity index (χ4n) is 1.13. The molecule has 0 N–H and O–H groups in total. The van der Waals surface area contributed by atoms with Gasteiger partial charge in [-0.15, -0.1) is 5.10 Å². The van der Waals surface area contributed by atoms with Gasteiger partial charge < -0.3 is 0 Å². The van der Waals surface area contributed by atoms with Crippen LogP contribution in [0.3, 0.4) is 0 Å². The van der Waals surface area contributed by atoms with Gasteiger partial charge in [-0.3, -0.25) is 0 Å². The van der Waals surface area contributed by atoms with Crippen LogP contribution in [0.25, 0.3) is 12.2 Å². The fourth-order valence-corrected chi connectivity index (χ4v) is 1.55. The van der Waals surface area contributed by atoms with Crippen LogP contribution in [-0.4, -0.2) is 9.59 Å². The summed E-state index contributed by atoms with van der Waals surface area (Å²) in [5, 5.41) is 5.82. The molecule has 2 rings (SSSR count). The first-order chi connectivity index (χ1) is 7.45. The van der Waals surface area contributed by atoms with E-state index in [1.807, 2.05) is 41.8 Å². The van der Waals surface area contributed by atoms with E-state index in [9.17, 15) is 0 Å². The molecule has 1 aromatic carbocycles. The second-order valence-electron chi connectivity index (χ2n) is 2.96. The van der Waals surface area contributed by atoms with E-state index in [2.05, 4.69) is 27.8 Å². The normalized spacial score (nSPS) is 11.5. The van der Waals surface area contributed by atoms with Crippen molar-refractivity contribution in [2.24, 2.45) is 0 Å². The number of aromatic nitrogens is 2. The van der Waals surface area contributed by atoms with Crippen LogP contribution < -0.4 is 0 Å². The Balaban J connectivity index is 1.96. The fraction of sp³-hybridized carbons (Fsp3) is 0. The van der Waals surface area contributed by atoms with Gasteiger partial charge in [0.1, 0.15) is 0 Å². The molecule has 0 bridgehead atoms. The number of nitrogens with zero attached hydrogens (tertiary/aromatic N) is 2. The Morgan fingerprint density at radius 1 is 1.00 bits per heavy atom. The van der Waals surface area contributed by atoms with Crippen LogP contribution in [-0.2, 0) is 0 Å². The molecule has 1 heterocycles. The molecule has 0 saturated heterocycles. The quantitative estimate of drug-likeness (QED) is 0.733. The zero-order chi connectivity index (χ0) is 10.3. The lowest BCUT2D eigenvalue weighted by atomic mass is 10.2. The maximum atomic E-state index is 3.91. The summed E-state index contributed by atoms with van der Waals surface area (Å²) in [7, 11) is 0. The van der Waals surface area contributed by atoms with E-state index in [0.29, 0.717) is 0 Å². The van der Waals surface area contributed by atoms with Crippen molar-refractivity contribution >= 4 is 23.7 Å². The van der Waals surface area contributed by atoms with Gasteiger partial charge >= 0.3 is 0 Å². The largest absolute Gasteiger partial charge is 0.139 e. The summed E-state index contributed by atoms with van der Waals surface area (Å²) >= 11 is 1.36. The minimum atomic E-state index is 0.901. The lowest BCUT2D eigenvalue weighted by molar-refractivity contribution is 1.14. The highest BCUT2D eigenvalue weighted by atomic mass is 32.1. The zero-order valence-electron chi connectivity index (χ0n) is 8.08. The highest BCUT2D eigenvalue weighted by molar-refractivity contribution is 7.03. The third-order valence-corrected chi connectivity index (χ3v) is 2.37. The first-order valence-corrected chi connectivity index (χ1v) is 5.46. The van der Waals surface area contributed by atoms with Crippen LogP contribution in [0.4, 0.5) is 0 Å². The van der Waals surface area contributed by atoms with Gasteiger partial charge in [-0.2, -0.15) is 0 Å². The summed E-state index contributed by atoms with van der Waals surface area (Å²) in [6.45, 7) is 0. The van der Waals surface area contributed by atoms with E-state index in [0.717, 1.165) is 5.69 Å². The highest BCUT2D eigenvalue weighted by Gasteiger charge is 1.85. The molecule has 0 spiro atoms. The number of hydrogen-bond acceptors (Lipinski definition) is 3. The van der Waals surface area contributed by atoms with E-state index in [1.165, 1.54) is 17.1 Å². The number of allylic oxidation sites excluding steroid dienone is 2. The second-order valence-corrected chi connectivity index (χ2v) is 3.57. The molecular formula is C12H10N2S. The van der Waals surface area contributed by atoms with Crippen LogP contribution in [0.15, 0.2) is 47.9 Å². The van der Waals surface area contributed by atoms with Crippen LogP contribution in [0, 0.1) is 0 Å². The monoisotopic (exact) mass is 214 g/mol. The molecular weight excluding hydrogens is 204 g/mol. The molecule has 0 unspecified atom stereocenters. The predicted molar refractivity (Wildman–Crippen MR) is 64.4 cm³/mol. The van der Waals surface area contributed by atoms with Crippen molar-refractivity contribution in [2.45, 2.75) is 0 Å². The van der Waals surface area contributed by atoms with Crippen molar-refractivity contribution in [3.8, 4) is 0 Å². The Kier molecular flexibility index (Phi) is 3.41. The lowest BCUT2D eigenvalue weighted by Gasteiger charge is -1.88. The minimum absolute atomic E-state index is 0.901. The van der Waals surface area contributed by atoms with Crippen LogP contribution in [0.1, 0.15) is 11.3 Å². The Bertz CT molecular complexity index is 444. The maximum Gasteiger partial charge on any atom is 0.0981 e. The average molecular weight is 214 g/mol. The predicted octanol–water partition coefficient (Wildman–Crippen LogP) is 3.26. The molecule has 74 valence electrons. The molecule has 0 aliphatic carbocycles. The Morgan fingerprint density at radius 2 is 1.80 bits per heavy atom. The molecule has 0 radical (unpaired) electrons. The summed E-state index contributed by atoms with van der Waals surface area (Å²) in [5.74, 6) is 0. The summed E-state index contributed by atoms with van der Waals surface area (Å²) in [4.78, 5) is 0. The van der Waals surface area contributed by atoms with E-state index >= 15 is 0 Å². The second kappa shape index (κ2) is 5.22. The van der Waals surface area contributed by atoms with Crippen molar-refractivity contribution in [1.29, 1.82) is 0 Å². The van der Waals surface area contributed by atoms with E-state index in [1.54, 1.807) is 0 Å². The molecule has 0 fully saturated rings. The van der Waals surface area contributed by atoms with Crippen LogP contribution in [0.2, 0.25) is 0 Å². The van der Waals surface area contributed by atoms with Crippen LogP contribution >= 0.6 is 11.5 Å². The zero-order valence-corrected chi connectivity index (χ0v) is 8.89. The Morgan fingerprint density at radius 3 is 2.53 bits per heavy atom. The molecule has 2 nitrogen and oxygen atoms in total. The number of hydrogen-bond donors (Lipinski definition) is 0. The first-order valence-electron chi connectivity index (χ1n) is 4.62. The van der Waals surface area contributed by atoms with Crippen molar-refractivity contribution in [1.82, 2.24) is 9.59 Å². The molecule has 0 amide bonds. The van der Waals surface area contributed by atoms with Gasteiger partial charge in [0.2, 0.25) is 0 Å². The van der Waals surface area contributed by atoms with Crippen molar-refractivity contribution in [2.75, 3.05) is 0 Å². The molecule has 3 heteroatoms. The average Bonchev–Trinajstić information content (AvgIpc) is 2.79. The third kappa shape index (κ3) is 3.14. The molecule has 0 aliphatic heterocycles. The van der Waals surface area contributed by atoms with Gasteiger partial charge in [-0.25, -0.2) is 0 Å². The van der Waals surface area contributed by atoms with Crippen molar-refractivity contribution in [3.05, 3.63) is 59.1 Å². The van der Waals surface area contributed by atoms with Gasteiger partial charge in [-0.05, 0) is 23.2 Å². The third-order valence-electron chi connectivity index (χ3n) is 1.84. The molecule has 2 aromatic rings. The molecule has 1 aromatic heterocycles. The summed E-state index contributed by atoms with van der Waals surface area (Å²) in [6.07, 6.45) is 7.94. The number of benzene rings is 1. The van der Waals surface area contributed by atoms with Gasteiger partial charge in [0.15, 0.2) is 0 Å². The standard InChI is InChI=1S/C12H10N2S/c1-2-6-11(7-3-1)8-4-5-9-12-10-15-14-13-12/h1-10H/b8-4-,9-5+. The van der Waals surface area contributed by atoms with Gasteiger partial charge in [0.25, 0.3) is 0 Å². The Hall–Kier alpha value is -1.74. The van der Waals surface area contributed by atoms with Gasteiger partial charge in [0.05, 0.1) is 5.69 Å². The summed E-state index contributed by atoms with van der Waals surface area (Å²) < 4.78 is 3.78. The van der Waals surface area contributed by atoms with E-state index < -0.39 is 0 Å². The smallest absolute Gasteiger partial charge is 0.0981 e. The summed E-state index contributed by atoms with van der Waals surface area (Å²) in [6, 6.07) is 10.2. The van der Waals surface area contributed by atoms with Crippen molar-refractivity contribution in [3.63, 3.8) is 0 Å². The molecule has 0 aliphatic rings. The maximum absolute atomic E-state index is 3.91. The SMILES string of the molecule is C(=C/c1ccccc1)/C=C/c1csnn1. The lowest BCUT2D eigenvalue weighted by Crippen LogP contribution is -1.69. The van der Waals surface area contributed by atoms with Crippen molar-refractivity contribution < 1.29 is 0 Å². The summed E-state index contributed by atoms with van der Waals surface area (Å²) in [5.41, 5.74) is 2.09. The van der Waals surface area contributed by atoms with E-state index in [-0.39, 0.29) is 0 Å². The van der Waals surface area contributed by atoms with Gasteiger partial charge in [-0.1, -0.05) is 53.0 Å². The van der Waals surface area contributed by atoms with Crippen LogP contribution in [0.5, 0.6) is 0 Å². The van der Waals surface area contributed by atoms with E-state index in [4.69, 9.17) is 0 Å². The minimum Gasteiger partial charge on any atom is -0.139 e. The topological polar surface area (TPSA) is 25.8 Å². The molecule has 15 heavy (non-hydrogen) atoms. The molecule has 0 atom stereocenters. The Labute approximate surface area is 92.8 Å².